The molecule has 0 aliphatic rings. The molecule has 15 heavy (non-hydrogen) atoms. The molecule has 0 aliphatic carbocycles. The summed E-state index contributed by atoms with van der Waals surface area (Å²) in [7, 11) is 0. The molecule has 1 rings (SSSR count). The van der Waals surface area contributed by atoms with Crippen LogP contribution in [0.5, 0.6) is 0 Å². The van der Waals surface area contributed by atoms with Crippen LogP contribution in [0.15, 0.2) is 28.7 Å². The third kappa shape index (κ3) is 2.90. The van der Waals surface area contributed by atoms with Crippen LogP contribution in [0.3, 0.4) is 0 Å². The number of rotatable bonds is 3. The van der Waals surface area contributed by atoms with Crippen LogP contribution in [0.2, 0.25) is 0 Å². The first kappa shape index (κ1) is 11.9. The van der Waals surface area contributed by atoms with E-state index in [0.29, 0.717) is 0 Å². The fourth-order valence-electron chi connectivity index (χ4n) is 1.29. The fourth-order valence-corrected chi connectivity index (χ4v) is 1.56. The third-order valence-corrected chi connectivity index (χ3v) is 2.71. The van der Waals surface area contributed by atoms with Crippen molar-refractivity contribution >= 4 is 21.7 Å². The Labute approximate surface area is 98.0 Å². The zero-order valence-corrected chi connectivity index (χ0v) is 10.3. The topological polar surface area (TPSA) is 40.9 Å². The van der Waals surface area contributed by atoms with E-state index in [0.717, 1.165) is 10.0 Å². The van der Waals surface area contributed by atoms with Gasteiger partial charge in [0.1, 0.15) is 5.92 Å². The van der Waals surface area contributed by atoms with Gasteiger partial charge in [-0.1, -0.05) is 41.9 Å². The molecule has 1 unspecified atom stereocenters. The van der Waals surface area contributed by atoms with Gasteiger partial charge in [-0.3, -0.25) is 4.79 Å². The lowest BCUT2D eigenvalue weighted by molar-refractivity contribution is -0.122. The highest BCUT2D eigenvalue weighted by molar-refractivity contribution is 9.10. The SMILES string of the molecule is CC(C)C(=O)C(C#N)c1ccc(Br)cc1. The van der Waals surface area contributed by atoms with E-state index in [1.54, 1.807) is 12.1 Å². The minimum atomic E-state index is -0.641. The smallest absolute Gasteiger partial charge is 0.156 e. The monoisotopic (exact) mass is 265 g/mol. The molecule has 3 heteroatoms. The van der Waals surface area contributed by atoms with Crippen LogP contribution in [0.4, 0.5) is 0 Å². The molecular formula is C12H12BrNO. The molecule has 1 aromatic rings. The highest BCUT2D eigenvalue weighted by Gasteiger charge is 2.22. The maximum atomic E-state index is 11.7. The molecule has 0 fully saturated rings. The van der Waals surface area contributed by atoms with Crippen molar-refractivity contribution in [3.8, 4) is 6.07 Å². The summed E-state index contributed by atoms with van der Waals surface area (Å²) in [5, 5.41) is 8.99. The molecule has 0 radical (unpaired) electrons. The number of ketones is 1. The Morgan fingerprint density at radius 2 is 1.87 bits per heavy atom. The van der Waals surface area contributed by atoms with Crippen molar-refractivity contribution < 1.29 is 4.79 Å². The lowest BCUT2D eigenvalue weighted by Gasteiger charge is -2.10. The molecular weight excluding hydrogens is 254 g/mol. The Kier molecular flexibility index (Phi) is 4.05. The van der Waals surface area contributed by atoms with Crippen LogP contribution in [-0.2, 0) is 4.79 Å². The number of hydrogen-bond acceptors (Lipinski definition) is 2. The molecule has 0 bridgehead atoms. The fraction of sp³-hybridized carbons (Fsp3) is 0.333. The number of nitriles is 1. The second kappa shape index (κ2) is 5.09. The Hall–Kier alpha value is -1.14. The Bertz CT molecular complexity index is 389. The average molecular weight is 266 g/mol. The summed E-state index contributed by atoms with van der Waals surface area (Å²) in [4.78, 5) is 11.7. The zero-order chi connectivity index (χ0) is 11.4. The Morgan fingerprint density at radius 1 is 1.33 bits per heavy atom. The molecule has 0 spiro atoms. The van der Waals surface area contributed by atoms with Gasteiger partial charge >= 0.3 is 0 Å². The molecule has 0 saturated carbocycles. The minimum Gasteiger partial charge on any atom is -0.298 e. The van der Waals surface area contributed by atoms with Crippen molar-refractivity contribution in [2.45, 2.75) is 19.8 Å². The van der Waals surface area contributed by atoms with E-state index in [1.807, 2.05) is 26.0 Å². The number of Topliss-reactive ketones (excluding diaryl/α,β-unsaturated/α-hetero) is 1. The Morgan fingerprint density at radius 3 is 2.27 bits per heavy atom. The van der Waals surface area contributed by atoms with E-state index in [4.69, 9.17) is 5.26 Å². The van der Waals surface area contributed by atoms with E-state index in [9.17, 15) is 4.79 Å². The summed E-state index contributed by atoms with van der Waals surface area (Å²) in [5.41, 5.74) is 0.763. The molecule has 0 amide bonds. The maximum Gasteiger partial charge on any atom is 0.156 e. The first-order chi connectivity index (χ1) is 7.06. The van der Waals surface area contributed by atoms with Gasteiger partial charge in [-0.25, -0.2) is 0 Å². The summed E-state index contributed by atoms with van der Waals surface area (Å²) in [5.74, 6) is -0.781. The van der Waals surface area contributed by atoms with Gasteiger partial charge in [0, 0.05) is 10.4 Å². The number of hydrogen-bond donors (Lipinski definition) is 0. The molecule has 0 aliphatic heterocycles. The summed E-state index contributed by atoms with van der Waals surface area (Å²) in [6.07, 6.45) is 0. The summed E-state index contributed by atoms with van der Waals surface area (Å²) < 4.78 is 0.944. The highest BCUT2D eigenvalue weighted by Crippen LogP contribution is 2.21. The van der Waals surface area contributed by atoms with Crippen molar-refractivity contribution in [3.05, 3.63) is 34.3 Å². The number of carbonyl (C=O) groups excluding carboxylic acids is 1. The number of halogens is 1. The molecule has 78 valence electrons. The van der Waals surface area contributed by atoms with Crippen LogP contribution >= 0.6 is 15.9 Å². The average Bonchev–Trinajstić information content (AvgIpc) is 2.21. The lowest BCUT2D eigenvalue weighted by Crippen LogP contribution is -2.16. The van der Waals surface area contributed by atoms with E-state index in [1.165, 1.54) is 0 Å². The minimum absolute atomic E-state index is 0.0279. The number of nitrogens with zero attached hydrogens (tertiary/aromatic N) is 1. The quantitative estimate of drug-likeness (QED) is 0.842. The van der Waals surface area contributed by atoms with Crippen molar-refractivity contribution in [1.29, 1.82) is 5.26 Å². The van der Waals surface area contributed by atoms with Crippen molar-refractivity contribution in [2.75, 3.05) is 0 Å². The second-order valence-corrected chi connectivity index (χ2v) is 4.59. The molecule has 0 aromatic heterocycles. The number of carbonyl (C=O) groups is 1. The van der Waals surface area contributed by atoms with Crippen molar-refractivity contribution in [1.82, 2.24) is 0 Å². The molecule has 0 heterocycles. The molecule has 1 aromatic carbocycles. The largest absolute Gasteiger partial charge is 0.298 e. The first-order valence-corrected chi connectivity index (χ1v) is 5.54. The lowest BCUT2D eigenvalue weighted by atomic mass is 9.90. The van der Waals surface area contributed by atoms with E-state index in [-0.39, 0.29) is 11.7 Å². The van der Waals surface area contributed by atoms with Crippen molar-refractivity contribution in [2.24, 2.45) is 5.92 Å². The van der Waals surface area contributed by atoms with Gasteiger partial charge in [-0.2, -0.15) is 5.26 Å². The van der Waals surface area contributed by atoms with Gasteiger partial charge < -0.3 is 0 Å². The van der Waals surface area contributed by atoms with Gasteiger partial charge in [0.15, 0.2) is 5.78 Å². The summed E-state index contributed by atoms with van der Waals surface area (Å²) in [6, 6.07) is 9.34. The highest BCUT2D eigenvalue weighted by atomic mass is 79.9. The molecule has 0 saturated heterocycles. The maximum absolute atomic E-state index is 11.7. The van der Waals surface area contributed by atoms with Crippen LogP contribution in [0.25, 0.3) is 0 Å². The second-order valence-electron chi connectivity index (χ2n) is 3.67. The molecule has 0 N–H and O–H groups in total. The number of benzene rings is 1. The van der Waals surface area contributed by atoms with Crippen LogP contribution < -0.4 is 0 Å². The molecule has 1 atom stereocenters. The van der Waals surface area contributed by atoms with Gasteiger partial charge in [0.2, 0.25) is 0 Å². The first-order valence-electron chi connectivity index (χ1n) is 4.75. The predicted octanol–water partition coefficient (Wildman–Crippen LogP) is 3.28. The third-order valence-electron chi connectivity index (χ3n) is 2.19. The molecule has 2 nitrogen and oxygen atoms in total. The summed E-state index contributed by atoms with van der Waals surface area (Å²) in [6.45, 7) is 3.62. The van der Waals surface area contributed by atoms with Crippen molar-refractivity contribution in [3.63, 3.8) is 0 Å². The van der Waals surface area contributed by atoms with Crippen LogP contribution in [0.1, 0.15) is 25.3 Å². The Balaban J connectivity index is 2.99. The van der Waals surface area contributed by atoms with E-state index < -0.39 is 5.92 Å². The van der Waals surface area contributed by atoms with Crippen LogP contribution in [-0.4, -0.2) is 5.78 Å². The zero-order valence-electron chi connectivity index (χ0n) is 8.70. The van der Waals surface area contributed by atoms with Crippen LogP contribution in [0, 0.1) is 17.2 Å². The normalized spacial score (nSPS) is 12.2. The van der Waals surface area contributed by atoms with Gasteiger partial charge in [-0.05, 0) is 17.7 Å². The van der Waals surface area contributed by atoms with E-state index in [2.05, 4.69) is 22.0 Å². The van der Waals surface area contributed by atoms with Gasteiger partial charge in [-0.15, -0.1) is 0 Å². The summed E-state index contributed by atoms with van der Waals surface area (Å²) >= 11 is 3.31. The standard InChI is InChI=1S/C12H12BrNO/c1-8(2)12(15)11(7-14)9-3-5-10(13)6-4-9/h3-6,8,11H,1-2H3. The van der Waals surface area contributed by atoms with Gasteiger partial charge in [0.25, 0.3) is 0 Å². The van der Waals surface area contributed by atoms with E-state index >= 15 is 0 Å². The van der Waals surface area contributed by atoms with Gasteiger partial charge in [0.05, 0.1) is 6.07 Å². The predicted molar refractivity (Wildman–Crippen MR) is 62.3 cm³/mol.